The minimum atomic E-state index is 0.161. The van der Waals surface area contributed by atoms with Crippen LogP contribution in [0.15, 0.2) is 18.2 Å². The van der Waals surface area contributed by atoms with Gasteiger partial charge in [-0.2, -0.15) is 0 Å². The molecule has 1 amide bonds. The quantitative estimate of drug-likeness (QED) is 0.843. The fourth-order valence-electron chi connectivity index (χ4n) is 5.04. The zero-order valence-electron chi connectivity index (χ0n) is 11.4. The first kappa shape index (κ1) is 12.6. The molecular formula is C16H19ClN2O. The number of amides is 1. The van der Waals surface area contributed by atoms with Gasteiger partial charge in [-0.15, -0.1) is 0 Å². The Kier molecular flexibility index (Phi) is 2.99. The fraction of sp³-hybridized carbons (Fsp3) is 0.625. The van der Waals surface area contributed by atoms with Crippen LogP contribution in [0.5, 0.6) is 0 Å². The maximum absolute atomic E-state index is 12.6. The predicted molar refractivity (Wildman–Crippen MR) is 78.4 cm³/mol. The second-order valence-electron chi connectivity index (χ2n) is 6.79. The highest BCUT2D eigenvalue weighted by atomic mass is 35.5. The first-order chi connectivity index (χ1) is 9.69. The number of carbonyl (C=O) groups is 1. The molecule has 0 aliphatic heterocycles. The summed E-state index contributed by atoms with van der Waals surface area (Å²) < 4.78 is 0. The van der Waals surface area contributed by atoms with Crippen LogP contribution in [-0.2, 0) is 4.79 Å². The van der Waals surface area contributed by atoms with Crippen molar-refractivity contribution in [3.63, 3.8) is 0 Å². The molecule has 20 heavy (non-hydrogen) atoms. The van der Waals surface area contributed by atoms with Gasteiger partial charge >= 0.3 is 0 Å². The monoisotopic (exact) mass is 290 g/mol. The number of rotatable bonds is 2. The number of hydrogen-bond donors (Lipinski definition) is 1. The van der Waals surface area contributed by atoms with Gasteiger partial charge in [0.1, 0.15) is 11.0 Å². The van der Waals surface area contributed by atoms with Gasteiger partial charge in [-0.05, 0) is 67.9 Å². The van der Waals surface area contributed by atoms with Crippen molar-refractivity contribution >= 4 is 23.3 Å². The average Bonchev–Trinajstić information content (AvgIpc) is 2.37. The summed E-state index contributed by atoms with van der Waals surface area (Å²) in [6, 6.07) is 5.35. The first-order valence-corrected chi connectivity index (χ1v) is 8.00. The lowest BCUT2D eigenvalue weighted by Gasteiger charge is -2.53. The lowest BCUT2D eigenvalue weighted by atomic mass is 9.51. The van der Waals surface area contributed by atoms with E-state index in [0.29, 0.717) is 22.8 Å². The SMILES string of the molecule is O=C(Nc1cccc(Cl)n1)C1C2CC3CC(C2)CC1C3. The van der Waals surface area contributed by atoms with Crippen LogP contribution in [0.3, 0.4) is 0 Å². The van der Waals surface area contributed by atoms with Gasteiger partial charge in [0, 0.05) is 5.92 Å². The molecule has 0 atom stereocenters. The molecule has 0 radical (unpaired) electrons. The Bertz CT molecular complexity index is 517. The summed E-state index contributed by atoms with van der Waals surface area (Å²) in [6.07, 6.45) is 6.45. The van der Waals surface area contributed by atoms with Gasteiger partial charge in [-0.25, -0.2) is 4.98 Å². The van der Waals surface area contributed by atoms with Crippen molar-refractivity contribution < 1.29 is 4.79 Å². The number of halogens is 1. The molecule has 5 rings (SSSR count). The number of pyridine rings is 1. The minimum Gasteiger partial charge on any atom is -0.310 e. The topological polar surface area (TPSA) is 42.0 Å². The fourth-order valence-corrected chi connectivity index (χ4v) is 5.20. The Labute approximate surface area is 124 Å². The van der Waals surface area contributed by atoms with E-state index in [1.807, 2.05) is 6.07 Å². The molecule has 3 nitrogen and oxygen atoms in total. The molecule has 106 valence electrons. The van der Waals surface area contributed by atoms with E-state index in [9.17, 15) is 4.79 Å². The van der Waals surface area contributed by atoms with Crippen LogP contribution >= 0.6 is 11.6 Å². The van der Waals surface area contributed by atoms with Crippen molar-refractivity contribution in [1.82, 2.24) is 4.98 Å². The van der Waals surface area contributed by atoms with E-state index in [1.165, 1.54) is 32.1 Å². The van der Waals surface area contributed by atoms with Crippen LogP contribution in [0.4, 0.5) is 5.82 Å². The van der Waals surface area contributed by atoms with Gasteiger partial charge in [-0.1, -0.05) is 17.7 Å². The summed E-state index contributed by atoms with van der Waals surface area (Å²) in [4.78, 5) is 16.8. The largest absolute Gasteiger partial charge is 0.310 e. The third-order valence-electron chi connectivity index (χ3n) is 5.50. The maximum Gasteiger partial charge on any atom is 0.229 e. The Hall–Kier alpha value is -1.09. The predicted octanol–water partition coefficient (Wildman–Crippen LogP) is 3.75. The average molecular weight is 291 g/mol. The number of carbonyl (C=O) groups excluding carboxylic acids is 1. The van der Waals surface area contributed by atoms with Crippen LogP contribution in [0.2, 0.25) is 5.15 Å². The third-order valence-corrected chi connectivity index (χ3v) is 5.71. The molecule has 0 unspecified atom stereocenters. The van der Waals surface area contributed by atoms with E-state index in [4.69, 9.17) is 11.6 Å². The van der Waals surface area contributed by atoms with Crippen LogP contribution in [-0.4, -0.2) is 10.9 Å². The van der Waals surface area contributed by atoms with E-state index in [1.54, 1.807) is 12.1 Å². The smallest absolute Gasteiger partial charge is 0.229 e. The Balaban J connectivity index is 1.51. The number of nitrogens with one attached hydrogen (secondary N) is 1. The second-order valence-corrected chi connectivity index (χ2v) is 7.18. The molecule has 1 N–H and O–H groups in total. The molecule has 4 heteroatoms. The number of hydrogen-bond acceptors (Lipinski definition) is 2. The third kappa shape index (κ3) is 2.12. The van der Waals surface area contributed by atoms with Crippen molar-refractivity contribution in [2.24, 2.45) is 29.6 Å². The highest BCUT2D eigenvalue weighted by molar-refractivity contribution is 6.29. The van der Waals surface area contributed by atoms with Gasteiger partial charge < -0.3 is 5.32 Å². The zero-order chi connectivity index (χ0) is 13.7. The minimum absolute atomic E-state index is 0.161. The van der Waals surface area contributed by atoms with Gasteiger partial charge in [0.2, 0.25) is 5.91 Å². The summed E-state index contributed by atoms with van der Waals surface area (Å²) in [5.74, 6) is 3.93. The van der Waals surface area contributed by atoms with Crippen LogP contribution in [0.1, 0.15) is 32.1 Å². The van der Waals surface area contributed by atoms with E-state index < -0.39 is 0 Å². The summed E-state index contributed by atoms with van der Waals surface area (Å²) >= 11 is 5.87. The highest BCUT2D eigenvalue weighted by Gasteiger charge is 2.50. The van der Waals surface area contributed by atoms with Crippen LogP contribution < -0.4 is 5.32 Å². The molecule has 1 heterocycles. The summed E-state index contributed by atoms with van der Waals surface area (Å²) in [5, 5.41) is 3.40. The standard InChI is InChI=1S/C16H19ClN2O/c17-13-2-1-3-14(18-13)19-16(20)15-11-5-9-4-10(7-11)8-12(15)6-9/h1-3,9-12,15H,4-8H2,(H,18,19,20). The van der Waals surface area contributed by atoms with E-state index in [-0.39, 0.29) is 11.8 Å². The summed E-state index contributed by atoms with van der Waals surface area (Å²) in [7, 11) is 0. The van der Waals surface area contributed by atoms with Gasteiger partial charge in [0.15, 0.2) is 0 Å². The van der Waals surface area contributed by atoms with Crippen molar-refractivity contribution in [3.8, 4) is 0 Å². The molecule has 4 bridgehead atoms. The van der Waals surface area contributed by atoms with Gasteiger partial charge in [0.25, 0.3) is 0 Å². The van der Waals surface area contributed by atoms with Crippen molar-refractivity contribution in [1.29, 1.82) is 0 Å². The van der Waals surface area contributed by atoms with Crippen molar-refractivity contribution in [2.45, 2.75) is 32.1 Å². The number of aromatic nitrogens is 1. The number of anilines is 1. The lowest BCUT2D eigenvalue weighted by molar-refractivity contribution is -0.132. The van der Waals surface area contributed by atoms with E-state index in [0.717, 1.165) is 11.8 Å². The molecule has 0 aromatic carbocycles. The first-order valence-electron chi connectivity index (χ1n) is 7.62. The molecule has 1 aromatic rings. The highest BCUT2D eigenvalue weighted by Crippen LogP contribution is 2.56. The molecular weight excluding hydrogens is 272 g/mol. The van der Waals surface area contributed by atoms with Crippen LogP contribution in [0, 0.1) is 29.6 Å². The molecule has 0 spiro atoms. The molecule has 0 saturated heterocycles. The van der Waals surface area contributed by atoms with E-state index in [2.05, 4.69) is 10.3 Å². The second kappa shape index (κ2) is 4.73. The molecule has 4 aliphatic carbocycles. The Morgan fingerprint density at radius 2 is 1.75 bits per heavy atom. The maximum atomic E-state index is 12.6. The molecule has 4 aliphatic rings. The van der Waals surface area contributed by atoms with Gasteiger partial charge in [0.05, 0.1) is 0 Å². The Morgan fingerprint density at radius 1 is 1.10 bits per heavy atom. The van der Waals surface area contributed by atoms with E-state index >= 15 is 0 Å². The zero-order valence-corrected chi connectivity index (χ0v) is 12.1. The molecule has 4 saturated carbocycles. The normalized spacial score (nSPS) is 38.0. The van der Waals surface area contributed by atoms with Crippen molar-refractivity contribution in [3.05, 3.63) is 23.4 Å². The molecule has 4 fully saturated rings. The number of nitrogens with zero attached hydrogens (tertiary/aromatic N) is 1. The summed E-state index contributed by atoms with van der Waals surface area (Å²) in [5.41, 5.74) is 0. The van der Waals surface area contributed by atoms with Crippen molar-refractivity contribution in [2.75, 3.05) is 5.32 Å². The molecule has 1 aromatic heterocycles. The van der Waals surface area contributed by atoms with Gasteiger partial charge in [-0.3, -0.25) is 4.79 Å². The lowest BCUT2D eigenvalue weighted by Crippen LogP contribution is -2.49. The summed E-state index contributed by atoms with van der Waals surface area (Å²) in [6.45, 7) is 0. The Morgan fingerprint density at radius 3 is 2.35 bits per heavy atom. The van der Waals surface area contributed by atoms with Crippen LogP contribution in [0.25, 0.3) is 0 Å².